The van der Waals surface area contributed by atoms with E-state index in [9.17, 15) is 9.70 Å². The zero-order chi connectivity index (χ0) is 19.4. The molecule has 27 heavy (non-hydrogen) atoms. The quantitative estimate of drug-likeness (QED) is 0.587. The SMILES string of the molecule is CCc1cc(CC)n(-c2ccc(NC(=O)c3ccc(Cl)cc3)cc2N=O)n1. The second-order valence-corrected chi connectivity index (χ2v) is 6.44. The van der Waals surface area contributed by atoms with Gasteiger partial charge >= 0.3 is 0 Å². The zero-order valence-electron chi connectivity index (χ0n) is 15.1. The minimum atomic E-state index is -0.294. The number of nitroso groups, excluding NO2 is 1. The van der Waals surface area contributed by atoms with Crippen molar-refractivity contribution in [1.29, 1.82) is 0 Å². The van der Waals surface area contributed by atoms with Gasteiger partial charge in [-0.25, -0.2) is 4.68 Å². The Balaban J connectivity index is 1.90. The molecule has 6 nitrogen and oxygen atoms in total. The van der Waals surface area contributed by atoms with E-state index in [0.29, 0.717) is 22.0 Å². The first-order valence-corrected chi connectivity index (χ1v) is 9.06. The second-order valence-electron chi connectivity index (χ2n) is 6.00. The Bertz CT molecular complexity index is 980. The normalized spacial score (nSPS) is 10.6. The fourth-order valence-corrected chi connectivity index (χ4v) is 2.89. The van der Waals surface area contributed by atoms with Crippen molar-refractivity contribution in [3.8, 4) is 5.69 Å². The summed E-state index contributed by atoms with van der Waals surface area (Å²) in [7, 11) is 0. The summed E-state index contributed by atoms with van der Waals surface area (Å²) < 4.78 is 1.74. The Hall–Kier alpha value is -2.99. The van der Waals surface area contributed by atoms with Crippen LogP contribution in [0.5, 0.6) is 0 Å². The van der Waals surface area contributed by atoms with Gasteiger partial charge in [0.05, 0.1) is 11.4 Å². The smallest absolute Gasteiger partial charge is 0.255 e. The second kappa shape index (κ2) is 8.14. The van der Waals surface area contributed by atoms with Crippen LogP contribution in [0.25, 0.3) is 5.69 Å². The van der Waals surface area contributed by atoms with Crippen molar-refractivity contribution in [1.82, 2.24) is 9.78 Å². The Labute approximate surface area is 162 Å². The van der Waals surface area contributed by atoms with Crippen molar-refractivity contribution in [3.63, 3.8) is 0 Å². The molecule has 0 unspecified atom stereocenters. The number of aryl methyl sites for hydroxylation is 2. The maximum absolute atomic E-state index is 12.3. The van der Waals surface area contributed by atoms with Crippen molar-refractivity contribution >= 4 is 28.9 Å². The first kappa shape index (κ1) is 18.8. The number of anilines is 1. The molecule has 0 aliphatic heterocycles. The molecule has 0 spiro atoms. The Morgan fingerprint density at radius 1 is 1.11 bits per heavy atom. The molecule has 2 aromatic carbocycles. The number of rotatable bonds is 6. The number of aromatic nitrogens is 2. The molecule has 0 radical (unpaired) electrons. The highest BCUT2D eigenvalue weighted by atomic mass is 35.5. The van der Waals surface area contributed by atoms with E-state index in [2.05, 4.69) is 15.6 Å². The molecule has 0 saturated heterocycles. The van der Waals surface area contributed by atoms with Crippen LogP contribution in [-0.2, 0) is 12.8 Å². The van der Waals surface area contributed by atoms with Gasteiger partial charge in [-0.3, -0.25) is 4.79 Å². The van der Waals surface area contributed by atoms with Gasteiger partial charge in [0, 0.05) is 22.0 Å². The predicted octanol–water partition coefficient (Wildman–Crippen LogP) is 5.30. The number of nitrogens with zero attached hydrogens (tertiary/aromatic N) is 3. The van der Waals surface area contributed by atoms with Crippen molar-refractivity contribution < 1.29 is 4.79 Å². The van der Waals surface area contributed by atoms with Crippen LogP contribution in [-0.4, -0.2) is 15.7 Å². The zero-order valence-corrected chi connectivity index (χ0v) is 15.8. The average molecular weight is 383 g/mol. The topological polar surface area (TPSA) is 76.3 Å². The lowest BCUT2D eigenvalue weighted by atomic mass is 10.2. The van der Waals surface area contributed by atoms with Gasteiger partial charge in [0.1, 0.15) is 5.69 Å². The molecule has 0 aliphatic rings. The molecule has 0 bridgehead atoms. The van der Waals surface area contributed by atoms with Gasteiger partial charge in [-0.15, -0.1) is 4.91 Å². The molecule has 3 aromatic rings. The summed E-state index contributed by atoms with van der Waals surface area (Å²) in [6, 6.07) is 13.6. The monoisotopic (exact) mass is 382 g/mol. The number of carbonyl (C=O) groups excluding carboxylic acids is 1. The molecular formula is C20H19ClN4O2. The van der Waals surface area contributed by atoms with E-state index in [0.717, 1.165) is 24.2 Å². The lowest BCUT2D eigenvalue weighted by molar-refractivity contribution is 0.102. The average Bonchev–Trinajstić information content (AvgIpc) is 3.11. The molecule has 1 amide bonds. The number of hydrogen-bond donors (Lipinski definition) is 1. The van der Waals surface area contributed by atoms with Crippen molar-refractivity contribution in [2.75, 3.05) is 5.32 Å². The summed E-state index contributed by atoms with van der Waals surface area (Å²) in [5.41, 5.74) is 3.69. The first-order valence-electron chi connectivity index (χ1n) is 8.68. The van der Waals surface area contributed by atoms with Crippen molar-refractivity contribution in [3.05, 3.63) is 75.4 Å². The summed E-state index contributed by atoms with van der Waals surface area (Å²) >= 11 is 5.84. The molecule has 1 aromatic heterocycles. The van der Waals surface area contributed by atoms with E-state index in [1.807, 2.05) is 19.9 Å². The van der Waals surface area contributed by atoms with Gasteiger partial charge in [0.25, 0.3) is 5.91 Å². The maximum Gasteiger partial charge on any atom is 0.255 e. The van der Waals surface area contributed by atoms with Crippen LogP contribution in [0.15, 0.2) is 53.7 Å². The van der Waals surface area contributed by atoms with Gasteiger partial charge in [0.15, 0.2) is 0 Å². The van der Waals surface area contributed by atoms with E-state index in [1.165, 1.54) is 0 Å². The third kappa shape index (κ3) is 4.06. The summed E-state index contributed by atoms with van der Waals surface area (Å²) in [4.78, 5) is 23.7. The molecule has 3 rings (SSSR count). The maximum atomic E-state index is 12.3. The highest BCUT2D eigenvalue weighted by molar-refractivity contribution is 6.30. The number of carbonyl (C=O) groups is 1. The lowest BCUT2D eigenvalue weighted by Gasteiger charge is -2.11. The fourth-order valence-electron chi connectivity index (χ4n) is 2.77. The van der Waals surface area contributed by atoms with Gasteiger partial charge in [0.2, 0.25) is 0 Å². The Kier molecular flexibility index (Phi) is 5.66. The Morgan fingerprint density at radius 3 is 2.48 bits per heavy atom. The molecular weight excluding hydrogens is 364 g/mol. The van der Waals surface area contributed by atoms with E-state index in [-0.39, 0.29) is 11.6 Å². The standard InChI is InChI=1S/C20H19ClN4O2/c1-3-15-11-17(4-2)25(23-15)19-10-9-16(12-18(19)24-27)22-20(26)13-5-7-14(21)8-6-13/h5-12H,3-4H2,1-2H3,(H,22,26). The highest BCUT2D eigenvalue weighted by Gasteiger charge is 2.14. The third-order valence-electron chi connectivity index (χ3n) is 4.22. The van der Waals surface area contributed by atoms with Gasteiger partial charge in [-0.1, -0.05) is 25.4 Å². The number of nitrogens with one attached hydrogen (secondary N) is 1. The molecule has 7 heteroatoms. The predicted molar refractivity (Wildman–Crippen MR) is 107 cm³/mol. The molecule has 0 atom stereocenters. The van der Waals surface area contributed by atoms with E-state index in [4.69, 9.17) is 11.6 Å². The molecule has 1 N–H and O–H groups in total. The number of hydrogen-bond acceptors (Lipinski definition) is 4. The third-order valence-corrected chi connectivity index (χ3v) is 4.48. The van der Waals surface area contributed by atoms with Crippen LogP contribution >= 0.6 is 11.6 Å². The summed E-state index contributed by atoms with van der Waals surface area (Å²) in [5, 5.41) is 11.0. The Morgan fingerprint density at radius 2 is 1.85 bits per heavy atom. The highest BCUT2D eigenvalue weighted by Crippen LogP contribution is 2.28. The lowest BCUT2D eigenvalue weighted by Crippen LogP contribution is -2.12. The van der Waals surface area contributed by atoms with Crippen LogP contribution in [0.3, 0.4) is 0 Å². The minimum Gasteiger partial charge on any atom is -0.322 e. The van der Waals surface area contributed by atoms with Crippen molar-refractivity contribution in [2.24, 2.45) is 5.18 Å². The number of amides is 1. The number of benzene rings is 2. The fraction of sp³-hybridized carbons (Fsp3) is 0.200. The van der Waals surface area contributed by atoms with E-state index >= 15 is 0 Å². The molecule has 0 fully saturated rings. The molecule has 138 valence electrons. The van der Waals surface area contributed by atoms with Crippen LogP contribution < -0.4 is 5.32 Å². The van der Waals surface area contributed by atoms with Crippen LogP contribution in [0, 0.1) is 4.91 Å². The van der Waals surface area contributed by atoms with Gasteiger partial charge < -0.3 is 5.32 Å². The van der Waals surface area contributed by atoms with Gasteiger partial charge in [-0.2, -0.15) is 5.10 Å². The largest absolute Gasteiger partial charge is 0.322 e. The van der Waals surface area contributed by atoms with Crippen LogP contribution in [0.2, 0.25) is 5.02 Å². The first-order chi connectivity index (χ1) is 13.0. The van der Waals surface area contributed by atoms with E-state index in [1.54, 1.807) is 47.1 Å². The van der Waals surface area contributed by atoms with Crippen LogP contribution in [0.4, 0.5) is 11.4 Å². The van der Waals surface area contributed by atoms with Crippen LogP contribution in [0.1, 0.15) is 35.6 Å². The molecule has 0 saturated carbocycles. The summed E-state index contributed by atoms with van der Waals surface area (Å²) in [6.45, 7) is 4.06. The minimum absolute atomic E-state index is 0.212. The van der Waals surface area contributed by atoms with E-state index < -0.39 is 0 Å². The van der Waals surface area contributed by atoms with Crippen molar-refractivity contribution in [2.45, 2.75) is 26.7 Å². The molecule has 0 aliphatic carbocycles. The van der Waals surface area contributed by atoms with Gasteiger partial charge in [-0.05, 0) is 66.5 Å². The number of halogens is 1. The summed E-state index contributed by atoms with van der Waals surface area (Å²) in [6.07, 6.45) is 1.58. The summed E-state index contributed by atoms with van der Waals surface area (Å²) in [5.74, 6) is -0.294. The molecule has 1 heterocycles.